The Balaban J connectivity index is 2.36. The van der Waals surface area contributed by atoms with Crippen LogP contribution in [-0.4, -0.2) is 22.6 Å². The van der Waals surface area contributed by atoms with Crippen LogP contribution in [0.3, 0.4) is 0 Å². The number of benzene rings is 2. The molecule has 24 heavy (non-hydrogen) atoms. The molecule has 2 rings (SSSR count). The molecule has 0 spiro atoms. The lowest BCUT2D eigenvalue weighted by Gasteiger charge is -2.15. The number of sulfonamides is 1. The van der Waals surface area contributed by atoms with Crippen LogP contribution in [0.25, 0.3) is 0 Å². The maximum Gasteiger partial charge on any atom is 0.237 e. The van der Waals surface area contributed by atoms with Gasteiger partial charge in [-0.1, -0.05) is 40.9 Å². The SMILES string of the molecule is COc1cc(NS(=O)(=O)Cc2c(Cl)cccc2Cl)c(OC)cc1Cl. The highest BCUT2D eigenvalue weighted by Crippen LogP contribution is 2.37. The first kappa shape index (κ1) is 19.0. The van der Waals surface area contributed by atoms with Crippen LogP contribution in [0.15, 0.2) is 30.3 Å². The van der Waals surface area contributed by atoms with Crippen molar-refractivity contribution in [2.75, 3.05) is 18.9 Å². The minimum atomic E-state index is -3.80. The second-order valence-electron chi connectivity index (χ2n) is 4.75. The molecule has 0 aliphatic heterocycles. The lowest BCUT2D eigenvalue weighted by atomic mass is 10.2. The fourth-order valence-electron chi connectivity index (χ4n) is 2.00. The number of nitrogens with one attached hydrogen (secondary N) is 1. The molecular weight excluding hydrogens is 397 g/mol. The van der Waals surface area contributed by atoms with Gasteiger partial charge in [0.15, 0.2) is 0 Å². The fourth-order valence-corrected chi connectivity index (χ4v) is 4.18. The number of anilines is 1. The van der Waals surface area contributed by atoms with Crippen molar-refractivity contribution in [2.45, 2.75) is 5.75 Å². The zero-order valence-corrected chi connectivity index (χ0v) is 15.9. The normalized spacial score (nSPS) is 11.2. The Bertz CT molecular complexity index is 836. The van der Waals surface area contributed by atoms with Crippen molar-refractivity contribution in [1.29, 1.82) is 0 Å². The Labute approximate surface area is 155 Å². The fraction of sp³-hybridized carbons (Fsp3) is 0.200. The summed E-state index contributed by atoms with van der Waals surface area (Å²) in [5.74, 6) is 0.181. The van der Waals surface area contributed by atoms with Gasteiger partial charge in [0.1, 0.15) is 11.5 Å². The second kappa shape index (κ2) is 7.70. The first-order chi connectivity index (χ1) is 11.3. The van der Waals surface area contributed by atoms with E-state index in [1.165, 1.54) is 26.4 Å². The van der Waals surface area contributed by atoms with Crippen molar-refractivity contribution in [3.05, 3.63) is 51.0 Å². The topological polar surface area (TPSA) is 64.6 Å². The summed E-state index contributed by atoms with van der Waals surface area (Å²) >= 11 is 18.1. The van der Waals surface area contributed by atoms with Gasteiger partial charge in [-0.15, -0.1) is 0 Å². The molecular formula is C15H14Cl3NO4S. The molecule has 0 fully saturated rings. The summed E-state index contributed by atoms with van der Waals surface area (Å²) in [5.41, 5.74) is 0.509. The predicted octanol–water partition coefficient (Wildman–Crippen LogP) is 4.61. The van der Waals surface area contributed by atoms with Gasteiger partial charge in [0, 0.05) is 27.7 Å². The number of hydrogen-bond acceptors (Lipinski definition) is 4. The molecule has 2 aromatic carbocycles. The van der Waals surface area contributed by atoms with Crippen LogP contribution in [0.4, 0.5) is 5.69 Å². The van der Waals surface area contributed by atoms with Gasteiger partial charge in [-0.3, -0.25) is 4.72 Å². The number of hydrogen-bond donors (Lipinski definition) is 1. The van der Waals surface area contributed by atoms with E-state index in [0.717, 1.165) is 0 Å². The molecule has 9 heteroatoms. The van der Waals surface area contributed by atoms with Gasteiger partial charge in [-0.05, 0) is 12.1 Å². The van der Waals surface area contributed by atoms with E-state index in [2.05, 4.69) is 4.72 Å². The number of halogens is 3. The highest BCUT2D eigenvalue weighted by molar-refractivity contribution is 7.91. The van der Waals surface area contributed by atoms with E-state index < -0.39 is 10.0 Å². The molecule has 130 valence electrons. The maximum atomic E-state index is 12.5. The zero-order valence-electron chi connectivity index (χ0n) is 12.8. The van der Waals surface area contributed by atoms with Crippen molar-refractivity contribution in [3.8, 4) is 11.5 Å². The van der Waals surface area contributed by atoms with Gasteiger partial charge in [-0.2, -0.15) is 0 Å². The van der Waals surface area contributed by atoms with E-state index >= 15 is 0 Å². The monoisotopic (exact) mass is 409 g/mol. The van der Waals surface area contributed by atoms with Gasteiger partial charge in [0.2, 0.25) is 10.0 Å². The van der Waals surface area contributed by atoms with Gasteiger partial charge >= 0.3 is 0 Å². The summed E-state index contributed by atoms with van der Waals surface area (Å²) in [6.45, 7) is 0. The van der Waals surface area contributed by atoms with E-state index in [-0.39, 0.29) is 27.2 Å². The van der Waals surface area contributed by atoms with Crippen LogP contribution in [0.5, 0.6) is 11.5 Å². The van der Waals surface area contributed by atoms with Crippen molar-refractivity contribution >= 4 is 50.5 Å². The molecule has 2 aromatic rings. The Morgan fingerprint density at radius 3 is 2.08 bits per heavy atom. The zero-order chi connectivity index (χ0) is 17.9. The number of methoxy groups -OCH3 is 2. The van der Waals surface area contributed by atoms with E-state index in [0.29, 0.717) is 16.3 Å². The quantitative estimate of drug-likeness (QED) is 0.755. The van der Waals surface area contributed by atoms with Crippen molar-refractivity contribution < 1.29 is 17.9 Å². The molecule has 0 bridgehead atoms. The Hall–Kier alpha value is -1.34. The van der Waals surface area contributed by atoms with Crippen LogP contribution in [0.1, 0.15) is 5.56 Å². The molecule has 0 atom stereocenters. The summed E-state index contributed by atoms with van der Waals surface area (Å²) in [6.07, 6.45) is 0. The molecule has 5 nitrogen and oxygen atoms in total. The third kappa shape index (κ3) is 4.39. The van der Waals surface area contributed by atoms with Gasteiger partial charge in [0.05, 0.1) is 30.7 Å². The largest absolute Gasteiger partial charge is 0.495 e. The van der Waals surface area contributed by atoms with E-state index in [1.807, 2.05) is 0 Å². The summed E-state index contributed by atoms with van der Waals surface area (Å²) in [4.78, 5) is 0. The van der Waals surface area contributed by atoms with E-state index in [4.69, 9.17) is 44.3 Å². The van der Waals surface area contributed by atoms with Gasteiger partial charge < -0.3 is 9.47 Å². The van der Waals surface area contributed by atoms with E-state index in [9.17, 15) is 8.42 Å². The lowest BCUT2D eigenvalue weighted by molar-refractivity contribution is 0.405. The Morgan fingerprint density at radius 1 is 0.958 bits per heavy atom. The first-order valence-corrected chi connectivity index (χ1v) is 9.41. The molecule has 0 aromatic heterocycles. The molecule has 0 aliphatic carbocycles. The molecule has 0 saturated heterocycles. The van der Waals surface area contributed by atoms with E-state index in [1.54, 1.807) is 18.2 Å². The number of ether oxygens (including phenoxy) is 2. The van der Waals surface area contributed by atoms with Crippen LogP contribution in [-0.2, 0) is 15.8 Å². The molecule has 1 N–H and O–H groups in total. The molecule has 0 heterocycles. The predicted molar refractivity (Wildman–Crippen MR) is 97.3 cm³/mol. The van der Waals surface area contributed by atoms with Crippen molar-refractivity contribution in [3.63, 3.8) is 0 Å². The van der Waals surface area contributed by atoms with Gasteiger partial charge in [0.25, 0.3) is 0 Å². The Kier molecular flexibility index (Phi) is 6.09. The summed E-state index contributed by atoms with van der Waals surface area (Å²) in [6, 6.07) is 7.68. The smallest absolute Gasteiger partial charge is 0.237 e. The standard InChI is InChI=1S/C15H14Cl3NO4S/c1-22-14-7-13(15(23-2)6-12(14)18)19-24(20,21)8-9-10(16)4-3-5-11(9)17/h3-7,19H,8H2,1-2H3. The van der Waals surface area contributed by atoms with Gasteiger partial charge in [-0.25, -0.2) is 8.42 Å². The minimum absolute atomic E-state index is 0.196. The maximum absolute atomic E-state index is 12.5. The van der Waals surface area contributed by atoms with Crippen LogP contribution in [0, 0.1) is 0 Å². The molecule has 0 amide bonds. The molecule has 0 radical (unpaired) electrons. The molecule has 0 unspecified atom stereocenters. The average Bonchev–Trinajstić information content (AvgIpc) is 2.52. The third-order valence-corrected chi connectivity index (χ3v) is 5.34. The third-order valence-electron chi connectivity index (χ3n) is 3.14. The van der Waals surface area contributed by atoms with Crippen LogP contribution >= 0.6 is 34.8 Å². The average molecular weight is 411 g/mol. The van der Waals surface area contributed by atoms with Crippen LogP contribution < -0.4 is 14.2 Å². The molecule has 0 aliphatic rings. The highest BCUT2D eigenvalue weighted by atomic mass is 35.5. The highest BCUT2D eigenvalue weighted by Gasteiger charge is 2.20. The minimum Gasteiger partial charge on any atom is -0.495 e. The lowest BCUT2D eigenvalue weighted by Crippen LogP contribution is -2.16. The molecule has 0 saturated carbocycles. The van der Waals surface area contributed by atoms with Crippen LogP contribution in [0.2, 0.25) is 15.1 Å². The second-order valence-corrected chi connectivity index (χ2v) is 7.69. The number of rotatable bonds is 6. The van der Waals surface area contributed by atoms with Crippen molar-refractivity contribution in [2.24, 2.45) is 0 Å². The first-order valence-electron chi connectivity index (χ1n) is 6.62. The summed E-state index contributed by atoms with van der Waals surface area (Å²) in [5, 5.41) is 0.841. The Morgan fingerprint density at radius 2 is 1.54 bits per heavy atom. The van der Waals surface area contributed by atoms with Crippen molar-refractivity contribution in [1.82, 2.24) is 0 Å². The summed E-state index contributed by atoms with van der Waals surface area (Å²) in [7, 11) is -0.971. The summed E-state index contributed by atoms with van der Waals surface area (Å²) < 4.78 is 37.6.